The first-order valence-electron chi connectivity index (χ1n) is 11.2. The molecule has 0 fully saturated rings. The third-order valence-electron chi connectivity index (χ3n) is 6.47. The zero-order valence-corrected chi connectivity index (χ0v) is 20.4. The summed E-state index contributed by atoms with van der Waals surface area (Å²) < 4.78 is 22.1. The van der Waals surface area contributed by atoms with Crippen molar-refractivity contribution in [2.75, 3.05) is 20.8 Å². The van der Waals surface area contributed by atoms with Crippen LogP contribution in [-0.4, -0.2) is 26.7 Å². The third-order valence-corrected chi connectivity index (χ3v) is 6.47. The number of aryl methyl sites for hydroxylation is 4. The number of fused-ring (bicyclic) bond motifs is 2. The van der Waals surface area contributed by atoms with Crippen molar-refractivity contribution in [2.45, 2.75) is 40.5 Å². The first-order valence-corrected chi connectivity index (χ1v) is 11.2. The molecule has 0 radical (unpaired) electrons. The van der Waals surface area contributed by atoms with Crippen LogP contribution in [0.2, 0.25) is 0 Å². The molecule has 178 valence electrons. The van der Waals surface area contributed by atoms with Gasteiger partial charge in [0.25, 0.3) is 0 Å². The molecule has 34 heavy (non-hydrogen) atoms. The Hall–Kier alpha value is -3.74. The molecule has 7 heteroatoms. The van der Waals surface area contributed by atoms with E-state index < -0.39 is 5.63 Å². The van der Waals surface area contributed by atoms with Crippen molar-refractivity contribution in [3.05, 3.63) is 68.3 Å². The highest BCUT2D eigenvalue weighted by atomic mass is 16.5. The number of carbonyl (C=O) groups is 1. The van der Waals surface area contributed by atoms with E-state index in [4.69, 9.17) is 18.3 Å². The lowest BCUT2D eigenvalue weighted by Gasteiger charge is -2.11. The van der Waals surface area contributed by atoms with Crippen molar-refractivity contribution in [3.63, 3.8) is 0 Å². The normalized spacial score (nSPS) is 11.2. The van der Waals surface area contributed by atoms with Gasteiger partial charge >= 0.3 is 5.63 Å². The fourth-order valence-corrected chi connectivity index (χ4v) is 4.30. The fraction of sp³-hybridized carbons (Fsp3) is 0.333. The van der Waals surface area contributed by atoms with Gasteiger partial charge in [0.1, 0.15) is 16.9 Å². The maximum absolute atomic E-state index is 12.8. The summed E-state index contributed by atoms with van der Waals surface area (Å²) in [6.45, 7) is 8.10. The molecule has 0 saturated carbocycles. The number of ether oxygens (including phenoxy) is 2. The predicted octanol–water partition coefficient (Wildman–Crippen LogP) is 4.69. The maximum atomic E-state index is 12.8. The molecule has 0 unspecified atom stereocenters. The smallest absolute Gasteiger partial charge is 0.340 e. The van der Waals surface area contributed by atoms with Gasteiger partial charge < -0.3 is 23.6 Å². The Bertz CT molecular complexity index is 1460. The summed E-state index contributed by atoms with van der Waals surface area (Å²) in [6.07, 6.45) is 0.574. The number of methoxy groups -OCH3 is 2. The van der Waals surface area contributed by atoms with Crippen LogP contribution in [0.15, 0.2) is 37.9 Å². The van der Waals surface area contributed by atoms with Crippen molar-refractivity contribution < 1.29 is 23.1 Å². The minimum absolute atomic E-state index is 0.0451. The number of benzene rings is 2. The zero-order valence-electron chi connectivity index (χ0n) is 20.4. The van der Waals surface area contributed by atoms with Gasteiger partial charge in [-0.25, -0.2) is 4.79 Å². The van der Waals surface area contributed by atoms with E-state index in [0.29, 0.717) is 35.6 Å². The molecular formula is C27H29NO6. The van der Waals surface area contributed by atoms with E-state index in [1.165, 1.54) is 0 Å². The van der Waals surface area contributed by atoms with E-state index in [-0.39, 0.29) is 12.3 Å². The maximum Gasteiger partial charge on any atom is 0.340 e. The van der Waals surface area contributed by atoms with Crippen molar-refractivity contribution in [3.8, 4) is 11.5 Å². The van der Waals surface area contributed by atoms with Gasteiger partial charge in [-0.2, -0.15) is 0 Å². The Morgan fingerprint density at radius 3 is 2.26 bits per heavy atom. The van der Waals surface area contributed by atoms with Crippen molar-refractivity contribution in [1.29, 1.82) is 0 Å². The van der Waals surface area contributed by atoms with Gasteiger partial charge in [-0.3, -0.25) is 4.79 Å². The number of carbonyl (C=O) groups excluding carboxylic acids is 1. The van der Waals surface area contributed by atoms with Crippen molar-refractivity contribution >= 4 is 27.8 Å². The van der Waals surface area contributed by atoms with E-state index in [2.05, 4.69) is 5.32 Å². The van der Waals surface area contributed by atoms with Gasteiger partial charge in [0.05, 0.1) is 26.2 Å². The Kier molecular flexibility index (Phi) is 6.37. The monoisotopic (exact) mass is 463 g/mol. The molecule has 0 bridgehead atoms. The summed E-state index contributed by atoms with van der Waals surface area (Å²) in [4.78, 5) is 25.4. The second-order valence-corrected chi connectivity index (χ2v) is 8.50. The molecule has 2 aromatic carbocycles. The standard InChI is InChI=1S/C27H29NO6/c1-14-17(4)33-25-16(3)26-20(12-19(14)25)15(2)21(27(30)34-26)13-24(29)28-10-9-18-7-8-22(31-5)23(11-18)32-6/h7-8,11-12H,9-10,13H2,1-6H3,(H,28,29). The highest BCUT2D eigenvalue weighted by molar-refractivity contribution is 6.00. The molecule has 1 amide bonds. The zero-order chi connectivity index (χ0) is 24.6. The molecule has 2 heterocycles. The summed E-state index contributed by atoms with van der Waals surface area (Å²) >= 11 is 0. The number of nitrogens with one attached hydrogen (secondary N) is 1. The predicted molar refractivity (Wildman–Crippen MR) is 131 cm³/mol. The van der Waals surface area contributed by atoms with Gasteiger partial charge in [0.15, 0.2) is 11.5 Å². The van der Waals surface area contributed by atoms with Crippen LogP contribution < -0.4 is 20.4 Å². The lowest BCUT2D eigenvalue weighted by Crippen LogP contribution is -2.29. The summed E-state index contributed by atoms with van der Waals surface area (Å²) in [6, 6.07) is 7.63. The van der Waals surface area contributed by atoms with Crippen LogP contribution in [0.3, 0.4) is 0 Å². The molecule has 0 aliphatic rings. The van der Waals surface area contributed by atoms with Crippen LogP contribution in [0.25, 0.3) is 21.9 Å². The van der Waals surface area contributed by atoms with Crippen LogP contribution in [0, 0.1) is 27.7 Å². The number of furan rings is 1. The molecule has 7 nitrogen and oxygen atoms in total. The fourth-order valence-electron chi connectivity index (χ4n) is 4.30. The average Bonchev–Trinajstić information content (AvgIpc) is 3.11. The molecular weight excluding hydrogens is 434 g/mol. The molecule has 0 spiro atoms. The average molecular weight is 464 g/mol. The van der Waals surface area contributed by atoms with Gasteiger partial charge in [0, 0.05) is 22.9 Å². The highest BCUT2D eigenvalue weighted by Gasteiger charge is 2.20. The lowest BCUT2D eigenvalue weighted by molar-refractivity contribution is -0.120. The first-order chi connectivity index (χ1) is 16.2. The molecule has 4 aromatic rings. The van der Waals surface area contributed by atoms with E-state index in [9.17, 15) is 9.59 Å². The second-order valence-electron chi connectivity index (χ2n) is 8.50. The highest BCUT2D eigenvalue weighted by Crippen LogP contribution is 2.34. The minimum Gasteiger partial charge on any atom is -0.493 e. The molecule has 0 atom stereocenters. The molecule has 1 N–H and O–H groups in total. The van der Waals surface area contributed by atoms with Crippen LogP contribution in [0.4, 0.5) is 0 Å². The Morgan fingerprint density at radius 1 is 0.882 bits per heavy atom. The van der Waals surface area contributed by atoms with E-state index in [1.807, 2.05) is 52.0 Å². The number of rotatable bonds is 7. The second kappa shape index (κ2) is 9.25. The molecule has 2 aromatic heterocycles. The van der Waals surface area contributed by atoms with Gasteiger partial charge in [-0.15, -0.1) is 0 Å². The quantitative estimate of drug-likeness (QED) is 0.400. The van der Waals surface area contributed by atoms with E-state index >= 15 is 0 Å². The minimum atomic E-state index is -0.498. The third kappa shape index (κ3) is 4.14. The summed E-state index contributed by atoms with van der Waals surface area (Å²) in [5.74, 6) is 1.90. The summed E-state index contributed by atoms with van der Waals surface area (Å²) in [5, 5.41) is 4.71. The van der Waals surface area contributed by atoms with Crippen LogP contribution in [0.1, 0.15) is 33.6 Å². The molecule has 0 aliphatic heterocycles. The summed E-state index contributed by atoms with van der Waals surface area (Å²) in [5.41, 5.74) is 4.70. The van der Waals surface area contributed by atoms with Crippen LogP contribution in [-0.2, 0) is 17.6 Å². The van der Waals surface area contributed by atoms with Gasteiger partial charge in [-0.05, 0) is 69.0 Å². The first kappa shape index (κ1) is 23.4. The lowest BCUT2D eigenvalue weighted by atomic mass is 9.98. The van der Waals surface area contributed by atoms with Crippen LogP contribution >= 0.6 is 0 Å². The Morgan fingerprint density at radius 2 is 1.56 bits per heavy atom. The van der Waals surface area contributed by atoms with Crippen molar-refractivity contribution in [1.82, 2.24) is 5.32 Å². The molecule has 4 rings (SSSR count). The number of amides is 1. The number of hydrogen-bond donors (Lipinski definition) is 1. The largest absolute Gasteiger partial charge is 0.493 e. The summed E-state index contributed by atoms with van der Waals surface area (Å²) in [7, 11) is 3.17. The SMILES string of the molecule is COc1ccc(CCNC(=O)Cc2c(C)c3cc4c(C)c(C)oc4c(C)c3oc2=O)cc1OC. The Labute approximate surface area is 197 Å². The van der Waals surface area contributed by atoms with Crippen LogP contribution in [0.5, 0.6) is 11.5 Å². The molecule has 0 saturated heterocycles. The van der Waals surface area contributed by atoms with Crippen molar-refractivity contribution in [2.24, 2.45) is 0 Å². The van der Waals surface area contributed by atoms with Gasteiger partial charge in [0.2, 0.25) is 5.91 Å². The van der Waals surface area contributed by atoms with E-state index in [0.717, 1.165) is 44.4 Å². The number of hydrogen-bond acceptors (Lipinski definition) is 6. The molecule has 0 aliphatic carbocycles. The van der Waals surface area contributed by atoms with Gasteiger partial charge in [-0.1, -0.05) is 6.07 Å². The topological polar surface area (TPSA) is 90.9 Å². The van der Waals surface area contributed by atoms with E-state index in [1.54, 1.807) is 14.2 Å². The Balaban J connectivity index is 1.53.